The van der Waals surface area contributed by atoms with E-state index < -0.39 is 0 Å². The van der Waals surface area contributed by atoms with Gasteiger partial charge in [-0.2, -0.15) is 0 Å². The van der Waals surface area contributed by atoms with Crippen molar-refractivity contribution in [1.29, 1.82) is 0 Å². The van der Waals surface area contributed by atoms with Crippen LogP contribution in [-0.4, -0.2) is 44.2 Å². The van der Waals surface area contributed by atoms with Crippen molar-refractivity contribution >= 4 is 5.96 Å². The van der Waals surface area contributed by atoms with Crippen molar-refractivity contribution in [1.82, 2.24) is 10.2 Å². The minimum Gasteiger partial charge on any atom is -0.381 e. The Hall–Kier alpha value is -1.55. The van der Waals surface area contributed by atoms with Gasteiger partial charge < -0.3 is 15.0 Å². The van der Waals surface area contributed by atoms with Crippen LogP contribution >= 0.6 is 0 Å². The van der Waals surface area contributed by atoms with Crippen LogP contribution < -0.4 is 5.32 Å². The molecule has 2 rings (SSSR count). The van der Waals surface area contributed by atoms with Crippen LogP contribution in [0.15, 0.2) is 29.3 Å². The highest BCUT2D eigenvalue weighted by atomic mass is 16.5. The number of aryl methyl sites for hydroxylation is 1. The minimum absolute atomic E-state index is 0.744. The third-order valence-corrected chi connectivity index (χ3v) is 4.81. The Balaban J connectivity index is 1.93. The fourth-order valence-corrected chi connectivity index (χ4v) is 3.20. The summed E-state index contributed by atoms with van der Waals surface area (Å²) in [6, 6.07) is 8.60. The average Bonchev–Trinajstić information content (AvgIpc) is 2.64. The molecule has 0 aromatic heterocycles. The van der Waals surface area contributed by atoms with Crippen molar-refractivity contribution in [3.8, 4) is 0 Å². The van der Waals surface area contributed by atoms with Crippen molar-refractivity contribution in [3.63, 3.8) is 0 Å². The molecule has 1 aliphatic rings. The predicted molar refractivity (Wildman–Crippen MR) is 101 cm³/mol. The number of guanidine groups is 1. The van der Waals surface area contributed by atoms with E-state index in [0.29, 0.717) is 0 Å². The van der Waals surface area contributed by atoms with Gasteiger partial charge in [0.25, 0.3) is 0 Å². The molecule has 24 heavy (non-hydrogen) atoms. The fraction of sp³-hybridized carbons (Fsp3) is 0.650. The largest absolute Gasteiger partial charge is 0.381 e. The van der Waals surface area contributed by atoms with Gasteiger partial charge in [-0.05, 0) is 49.7 Å². The Kier molecular flexibility index (Phi) is 8.10. The Bertz CT molecular complexity index is 509. The maximum atomic E-state index is 5.45. The van der Waals surface area contributed by atoms with E-state index >= 15 is 0 Å². The number of hydrogen-bond donors (Lipinski definition) is 1. The Morgan fingerprint density at radius 2 is 1.92 bits per heavy atom. The molecule has 1 fully saturated rings. The summed E-state index contributed by atoms with van der Waals surface area (Å²) in [6.45, 7) is 8.87. The molecule has 0 saturated carbocycles. The molecular formula is C20H33N3O. The summed E-state index contributed by atoms with van der Waals surface area (Å²) < 4.78 is 5.45. The van der Waals surface area contributed by atoms with Gasteiger partial charge in [0.1, 0.15) is 0 Å². The summed E-state index contributed by atoms with van der Waals surface area (Å²) in [5.74, 6) is 1.81. The topological polar surface area (TPSA) is 36.9 Å². The van der Waals surface area contributed by atoms with E-state index in [1.165, 1.54) is 30.4 Å². The van der Waals surface area contributed by atoms with Gasteiger partial charge in [-0.1, -0.05) is 31.2 Å². The maximum Gasteiger partial charge on any atom is 0.193 e. The summed E-state index contributed by atoms with van der Waals surface area (Å²) in [6.07, 6.45) is 4.68. The summed E-state index contributed by atoms with van der Waals surface area (Å²) in [5.41, 5.74) is 2.72. The predicted octanol–water partition coefficient (Wildman–Crippen LogP) is 3.46. The van der Waals surface area contributed by atoms with Crippen LogP contribution in [0, 0.1) is 5.92 Å². The van der Waals surface area contributed by atoms with E-state index in [-0.39, 0.29) is 0 Å². The molecule has 0 radical (unpaired) electrons. The van der Waals surface area contributed by atoms with E-state index in [0.717, 1.165) is 51.1 Å². The van der Waals surface area contributed by atoms with Crippen LogP contribution in [0.1, 0.15) is 44.2 Å². The monoisotopic (exact) mass is 331 g/mol. The number of aliphatic imine (C=N–C) groups is 1. The fourth-order valence-electron chi connectivity index (χ4n) is 3.20. The summed E-state index contributed by atoms with van der Waals surface area (Å²) >= 11 is 0. The highest BCUT2D eigenvalue weighted by Crippen LogP contribution is 2.18. The first kappa shape index (κ1) is 18.8. The van der Waals surface area contributed by atoms with Gasteiger partial charge >= 0.3 is 0 Å². The van der Waals surface area contributed by atoms with Gasteiger partial charge in [-0.15, -0.1) is 0 Å². The average molecular weight is 332 g/mol. The summed E-state index contributed by atoms with van der Waals surface area (Å²) in [4.78, 5) is 7.13. The van der Waals surface area contributed by atoms with Gasteiger partial charge in [0.05, 0.1) is 6.54 Å². The Morgan fingerprint density at radius 1 is 1.21 bits per heavy atom. The summed E-state index contributed by atoms with van der Waals surface area (Å²) in [7, 11) is 2.15. The lowest BCUT2D eigenvalue weighted by atomic mass is 9.96. The van der Waals surface area contributed by atoms with E-state index in [2.05, 4.69) is 55.4 Å². The zero-order chi connectivity index (χ0) is 17.2. The lowest BCUT2D eigenvalue weighted by Crippen LogP contribution is -2.40. The second-order valence-electron chi connectivity index (χ2n) is 6.56. The molecule has 1 heterocycles. The highest BCUT2D eigenvalue weighted by molar-refractivity contribution is 5.79. The standard InChI is InChI=1S/C20H33N3O/c1-4-18-8-6-7-9-19(18)16-22-20(21-5-2)23(3)13-10-17-11-14-24-15-12-17/h6-9,17H,4-5,10-16H2,1-3H3,(H,21,22). The number of nitrogens with one attached hydrogen (secondary N) is 1. The molecule has 4 heteroatoms. The quantitative estimate of drug-likeness (QED) is 0.614. The third kappa shape index (κ3) is 5.82. The molecule has 0 amide bonds. The molecule has 0 bridgehead atoms. The molecular weight excluding hydrogens is 298 g/mol. The second kappa shape index (κ2) is 10.3. The molecule has 0 aliphatic carbocycles. The number of rotatable bonds is 7. The molecule has 134 valence electrons. The van der Waals surface area contributed by atoms with Crippen molar-refractivity contribution in [2.24, 2.45) is 10.9 Å². The molecule has 0 spiro atoms. The maximum absolute atomic E-state index is 5.45. The molecule has 1 saturated heterocycles. The van der Waals surface area contributed by atoms with E-state index in [9.17, 15) is 0 Å². The molecule has 4 nitrogen and oxygen atoms in total. The number of nitrogens with zero attached hydrogens (tertiary/aromatic N) is 2. The zero-order valence-electron chi connectivity index (χ0n) is 15.6. The van der Waals surface area contributed by atoms with Gasteiger partial charge in [0.15, 0.2) is 5.96 Å². The highest BCUT2D eigenvalue weighted by Gasteiger charge is 2.15. The Morgan fingerprint density at radius 3 is 2.58 bits per heavy atom. The third-order valence-electron chi connectivity index (χ3n) is 4.81. The number of hydrogen-bond acceptors (Lipinski definition) is 2. The van der Waals surface area contributed by atoms with Gasteiger partial charge in [-0.25, -0.2) is 4.99 Å². The van der Waals surface area contributed by atoms with Crippen molar-refractivity contribution in [3.05, 3.63) is 35.4 Å². The van der Waals surface area contributed by atoms with E-state index in [1.807, 2.05) is 0 Å². The molecule has 1 aliphatic heterocycles. The van der Waals surface area contributed by atoms with Crippen molar-refractivity contribution < 1.29 is 4.74 Å². The van der Waals surface area contributed by atoms with Crippen LogP contribution in [-0.2, 0) is 17.7 Å². The van der Waals surface area contributed by atoms with Crippen LogP contribution in [0.2, 0.25) is 0 Å². The van der Waals surface area contributed by atoms with Crippen LogP contribution in [0.4, 0.5) is 0 Å². The lowest BCUT2D eigenvalue weighted by molar-refractivity contribution is 0.0625. The van der Waals surface area contributed by atoms with Crippen LogP contribution in [0.3, 0.4) is 0 Å². The van der Waals surface area contributed by atoms with Crippen LogP contribution in [0.5, 0.6) is 0 Å². The first-order valence-electron chi connectivity index (χ1n) is 9.38. The SMILES string of the molecule is CCNC(=NCc1ccccc1CC)N(C)CCC1CCOCC1. The van der Waals surface area contributed by atoms with Crippen LogP contribution in [0.25, 0.3) is 0 Å². The van der Waals surface area contributed by atoms with Gasteiger partial charge in [0.2, 0.25) is 0 Å². The van der Waals surface area contributed by atoms with Gasteiger partial charge in [0, 0.05) is 33.4 Å². The Labute approximate surface area is 147 Å². The van der Waals surface area contributed by atoms with Crippen molar-refractivity contribution in [2.75, 3.05) is 33.4 Å². The van der Waals surface area contributed by atoms with Gasteiger partial charge in [-0.3, -0.25) is 0 Å². The molecule has 1 aromatic carbocycles. The number of benzene rings is 1. The second-order valence-corrected chi connectivity index (χ2v) is 6.56. The molecule has 0 atom stereocenters. The van der Waals surface area contributed by atoms with E-state index in [4.69, 9.17) is 9.73 Å². The first-order valence-corrected chi connectivity index (χ1v) is 9.38. The van der Waals surface area contributed by atoms with E-state index in [1.54, 1.807) is 0 Å². The smallest absolute Gasteiger partial charge is 0.193 e. The normalized spacial score (nSPS) is 16.2. The first-order chi connectivity index (χ1) is 11.7. The molecule has 1 aromatic rings. The summed E-state index contributed by atoms with van der Waals surface area (Å²) in [5, 5.41) is 3.43. The lowest BCUT2D eigenvalue weighted by Gasteiger charge is -2.27. The molecule has 0 unspecified atom stereocenters. The molecule has 1 N–H and O–H groups in total. The minimum atomic E-state index is 0.744. The number of ether oxygens (including phenoxy) is 1. The van der Waals surface area contributed by atoms with Crippen molar-refractivity contribution in [2.45, 2.75) is 46.1 Å². The zero-order valence-corrected chi connectivity index (χ0v) is 15.6.